The van der Waals surface area contributed by atoms with Gasteiger partial charge in [0, 0.05) is 44.3 Å². The molecule has 0 atom stereocenters. The number of rotatable bonds is 14. The largest absolute Gasteiger partial charge is 0.309 e. The molecule has 0 spiro atoms. The lowest BCUT2D eigenvalue weighted by atomic mass is 9.79. The zero-order valence-electron chi connectivity index (χ0n) is 51.9. The van der Waals surface area contributed by atoms with Gasteiger partial charge < -0.3 is 9.80 Å². The minimum absolute atomic E-state index is 0.610. The van der Waals surface area contributed by atoms with Gasteiger partial charge in [0.15, 0.2) is 0 Å². The first-order valence-electron chi connectivity index (χ1n) is 32.3. The highest BCUT2D eigenvalue weighted by atomic mass is 28.3. The number of anilines is 6. The van der Waals surface area contributed by atoms with Crippen molar-refractivity contribution in [2.45, 2.75) is 231 Å². The van der Waals surface area contributed by atoms with E-state index in [-0.39, 0.29) is 0 Å². The van der Waals surface area contributed by atoms with Crippen molar-refractivity contribution in [1.82, 2.24) is 0 Å². The van der Waals surface area contributed by atoms with Gasteiger partial charge in [0.2, 0.25) is 0 Å². The Balaban J connectivity index is 1.26. The van der Waals surface area contributed by atoms with Gasteiger partial charge in [-0.05, 0) is 146 Å². The van der Waals surface area contributed by atoms with Crippen LogP contribution in [0.4, 0.5) is 34.1 Å². The quantitative estimate of drug-likeness (QED) is 0.0608. The van der Waals surface area contributed by atoms with E-state index >= 15 is 0 Å². The van der Waals surface area contributed by atoms with Crippen LogP contribution in [0.2, 0.25) is 78.6 Å². The van der Waals surface area contributed by atoms with E-state index in [0.29, 0.717) is 23.7 Å². The van der Waals surface area contributed by atoms with Gasteiger partial charge in [0.1, 0.15) is 0 Å². The molecule has 0 aliphatic heterocycles. The van der Waals surface area contributed by atoms with Crippen molar-refractivity contribution in [3.05, 3.63) is 144 Å². The van der Waals surface area contributed by atoms with E-state index in [9.17, 15) is 0 Å². The fraction of sp³-hybridized carbons (Fsp3) is 0.486. The van der Waals surface area contributed by atoms with Crippen LogP contribution in [0.25, 0.3) is 21.5 Å². The summed E-state index contributed by atoms with van der Waals surface area (Å²) >= 11 is 0. The third-order valence-electron chi connectivity index (χ3n) is 19.9. The predicted octanol–water partition coefficient (Wildman–Crippen LogP) is 21.3. The summed E-state index contributed by atoms with van der Waals surface area (Å²) in [6, 6.07) is 51.6. The van der Waals surface area contributed by atoms with E-state index < -0.39 is 32.3 Å². The lowest BCUT2D eigenvalue weighted by Gasteiger charge is -2.36. The lowest BCUT2D eigenvalue weighted by Crippen LogP contribution is -2.45. The Labute approximate surface area is 489 Å². The van der Waals surface area contributed by atoms with E-state index in [0.717, 1.165) is 0 Å². The average molecular weight is 1130 g/mol. The molecule has 0 radical (unpaired) electrons. The molecule has 4 saturated carbocycles. The fourth-order valence-corrected chi connectivity index (χ4v) is 19.8. The molecule has 80 heavy (non-hydrogen) atoms. The van der Waals surface area contributed by atoms with Crippen LogP contribution in [0, 0.1) is 0 Å². The molecule has 4 aliphatic rings. The van der Waals surface area contributed by atoms with Crippen molar-refractivity contribution in [1.29, 1.82) is 0 Å². The van der Waals surface area contributed by atoms with E-state index in [1.807, 2.05) is 0 Å². The van der Waals surface area contributed by atoms with Crippen molar-refractivity contribution in [2.75, 3.05) is 9.80 Å². The third-order valence-corrected chi connectivity index (χ3v) is 28.0. The SMILES string of the molecule is C[Si](C)(C)c1cc(N(c2cc(C3CCCCC3)cc(C3CCCCC3)c2)c2c3ccccc3c(N(c3cc(C4CCCCC4)cc(C4CCCCC4)c3)c3cc([Si](C)(C)C)cc([Si](C)(C)C)c3)c3ccccc23)cc([Si](C)(C)C)c1. The molecule has 2 nitrogen and oxygen atoms in total. The average Bonchev–Trinajstić information content (AvgIpc) is 3.65. The van der Waals surface area contributed by atoms with Gasteiger partial charge in [-0.1, -0.05) is 249 Å². The second-order valence-electron chi connectivity index (χ2n) is 30.1. The highest BCUT2D eigenvalue weighted by molar-refractivity contribution is 6.92. The molecule has 0 unspecified atom stereocenters. The maximum atomic E-state index is 2.84. The van der Waals surface area contributed by atoms with Crippen molar-refractivity contribution >= 4 is 109 Å². The highest BCUT2D eigenvalue weighted by Crippen LogP contribution is 2.53. The second kappa shape index (κ2) is 23.3. The number of fused-ring (bicyclic) bond motifs is 2. The Morgan fingerprint density at radius 3 is 0.688 bits per heavy atom. The van der Waals surface area contributed by atoms with Crippen LogP contribution in [0.15, 0.2) is 121 Å². The standard InChI is InChI=1S/C74H100N2Si4/c1-77(2,3)65-47-63(48-66(51-65)78(4,5)6)75(61-43-57(53-29-17-13-18-30-53)41-58(44-61)54-31-19-14-20-32-54)73-69-37-25-27-39-71(69)74(72-40-28-26-38-70(72)73)76(64-49-67(79(7,8)9)52-68(50-64)80(10,11)12)62-45-59(55-33-21-15-22-34-55)42-60(46-62)56-35-23-16-24-36-56/h25-28,37-56H,13-24,29-36H2,1-12H3. The summed E-state index contributed by atoms with van der Waals surface area (Å²) in [5.41, 5.74) is 14.4. The summed E-state index contributed by atoms with van der Waals surface area (Å²) in [5, 5.41) is 11.6. The van der Waals surface area contributed by atoms with Gasteiger partial charge in [-0.25, -0.2) is 0 Å². The molecule has 0 saturated heterocycles. The predicted molar refractivity (Wildman–Crippen MR) is 366 cm³/mol. The summed E-state index contributed by atoms with van der Waals surface area (Å²) in [6.45, 7) is 30.8. The second-order valence-corrected chi connectivity index (χ2v) is 50.4. The van der Waals surface area contributed by atoms with Gasteiger partial charge in [-0.2, -0.15) is 0 Å². The minimum atomic E-state index is -1.78. The van der Waals surface area contributed by atoms with Gasteiger partial charge in [0.05, 0.1) is 43.7 Å². The first-order valence-corrected chi connectivity index (χ1v) is 46.3. The molecule has 4 aliphatic carbocycles. The molecule has 0 aromatic heterocycles. The molecule has 6 heteroatoms. The Kier molecular flexibility index (Phi) is 16.7. The molecule has 0 bridgehead atoms. The Morgan fingerprint density at radius 1 is 0.263 bits per heavy atom. The van der Waals surface area contributed by atoms with Crippen molar-refractivity contribution < 1.29 is 0 Å². The summed E-state index contributed by atoms with van der Waals surface area (Å²) in [6.07, 6.45) is 26.6. The Morgan fingerprint density at radius 2 is 0.475 bits per heavy atom. The molecule has 0 N–H and O–H groups in total. The lowest BCUT2D eigenvalue weighted by molar-refractivity contribution is 0.435. The van der Waals surface area contributed by atoms with Crippen LogP contribution in [0.3, 0.4) is 0 Å². The van der Waals surface area contributed by atoms with Crippen LogP contribution in [0.1, 0.15) is 174 Å². The summed E-state index contributed by atoms with van der Waals surface area (Å²) < 4.78 is 0. The maximum absolute atomic E-state index is 2.84. The Bertz CT molecular complexity index is 2900. The van der Waals surface area contributed by atoms with Gasteiger partial charge >= 0.3 is 0 Å². The summed E-state index contributed by atoms with van der Waals surface area (Å²) in [5.74, 6) is 2.44. The first-order chi connectivity index (χ1) is 38.2. The third kappa shape index (κ3) is 12.3. The molecular formula is C74H100N2Si4. The monoisotopic (exact) mass is 1130 g/mol. The van der Waals surface area contributed by atoms with Crippen LogP contribution >= 0.6 is 0 Å². The summed E-state index contributed by atoms with van der Waals surface area (Å²) in [7, 11) is -7.13. The number of nitrogens with zero attached hydrogens (tertiary/aromatic N) is 2. The zero-order valence-corrected chi connectivity index (χ0v) is 55.9. The van der Waals surface area contributed by atoms with Gasteiger partial charge in [0.25, 0.3) is 0 Å². The maximum Gasteiger partial charge on any atom is 0.0776 e. The smallest absolute Gasteiger partial charge is 0.0776 e. The minimum Gasteiger partial charge on any atom is -0.309 e. The summed E-state index contributed by atoms with van der Waals surface area (Å²) in [4.78, 5) is 5.68. The van der Waals surface area contributed by atoms with E-state index in [4.69, 9.17) is 0 Å². The van der Waals surface area contributed by atoms with E-state index in [1.54, 1.807) is 43.0 Å². The number of hydrogen-bond acceptors (Lipinski definition) is 2. The molecule has 11 rings (SSSR count). The van der Waals surface area contributed by atoms with Crippen LogP contribution < -0.4 is 30.5 Å². The number of benzene rings is 7. The highest BCUT2D eigenvalue weighted by Gasteiger charge is 2.33. The van der Waals surface area contributed by atoms with E-state index in [1.165, 1.54) is 184 Å². The van der Waals surface area contributed by atoms with E-state index in [2.05, 4.69) is 210 Å². The van der Waals surface area contributed by atoms with Crippen LogP contribution in [-0.2, 0) is 0 Å². The first kappa shape index (κ1) is 57.3. The van der Waals surface area contributed by atoms with Crippen LogP contribution in [0.5, 0.6) is 0 Å². The molecule has 4 fully saturated rings. The number of hydrogen-bond donors (Lipinski definition) is 0. The molecule has 0 amide bonds. The van der Waals surface area contributed by atoms with Crippen molar-refractivity contribution in [3.63, 3.8) is 0 Å². The van der Waals surface area contributed by atoms with Gasteiger partial charge in [-0.15, -0.1) is 0 Å². The molecule has 7 aromatic carbocycles. The normalized spacial score (nSPS) is 18.1. The van der Waals surface area contributed by atoms with Crippen molar-refractivity contribution in [3.8, 4) is 0 Å². The van der Waals surface area contributed by atoms with Gasteiger partial charge in [-0.3, -0.25) is 0 Å². The molecule has 7 aromatic rings. The van der Waals surface area contributed by atoms with Crippen molar-refractivity contribution in [2.24, 2.45) is 0 Å². The molecule has 422 valence electrons. The molecule has 0 heterocycles. The topological polar surface area (TPSA) is 6.48 Å². The Hall–Kier alpha value is -4.47. The van der Waals surface area contributed by atoms with Crippen LogP contribution in [-0.4, -0.2) is 32.3 Å². The molecular weight excluding hydrogens is 1030 g/mol. The zero-order chi connectivity index (χ0) is 56.1. The fourth-order valence-electron chi connectivity index (χ4n) is 14.9.